The number of ether oxygens (including phenoxy) is 1. The standard InChI is InChI=1S/C27H23F7N2O5S/c1-26(30,31)9-8-15-13-36(18-6-4-17(28)5-7-18)20-11-19(27(32,33)34)21(12-22(20)42(39,40)24(15)29)41-14-16-3-2-10-35-23(16)25(37)38/h2-7,10-12,15,24H,8-9,13-14H2,1H3,(H,37,38)/t15-,24+/m0/s1. The van der Waals surface area contributed by atoms with Gasteiger partial charge in [-0.25, -0.2) is 35.8 Å². The largest absolute Gasteiger partial charge is 0.488 e. The molecule has 3 aromatic rings. The van der Waals surface area contributed by atoms with Crippen molar-refractivity contribution in [1.82, 2.24) is 4.98 Å². The second-order valence-corrected chi connectivity index (χ2v) is 11.8. The van der Waals surface area contributed by atoms with Gasteiger partial charge in [0.25, 0.3) is 0 Å². The van der Waals surface area contributed by atoms with E-state index in [0.717, 1.165) is 35.4 Å². The predicted molar refractivity (Wildman–Crippen MR) is 136 cm³/mol. The van der Waals surface area contributed by atoms with Gasteiger partial charge in [-0.3, -0.25) is 0 Å². The van der Waals surface area contributed by atoms with Crippen molar-refractivity contribution in [2.45, 2.75) is 48.9 Å². The van der Waals surface area contributed by atoms with Crippen molar-refractivity contribution >= 4 is 27.2 Å². The van der Waals surface area contributed by atoms with Crippen molar-refractivity contribution in [2.24, 2.45) is 5.92 Å². The number of aromatic nitrogens is 1. The van der Waals surface area contributed by atoms with Crippen molar-refractivity contribution < 1.29 is 53.8 Å². The van der Waals surface area contributed by atoms with Gasteiger partial charge in [0.15, 0.2) is 5.69 Å². The highest BCUT2D eigenvalue weighted by atomic mass is 32.2. The van der Waals surface area contributed by atoms with Gasteiger partial charge in [0, 0.05) is 42.4 Å². The van der Waals surface area contributed by atoms with E-state index in [1.165, 1.54) is 12.1 Å². The molecule has 0 saturated heterocycles. The van der Waals surface area contributed by atoms with Crippen molar-refractivity contribution in [2.75, 3.05) is 11.4 Å². The molecule has 2 atom stereocenters. The highest BCUT2D eigenvalue weighted by Gasteiger charge is 2.45. The summed E-state index contributed by atoms with van der Waals surface area (Å²) in [5.41, 5.74) is -5.55. The molecule has 1 N–H and O–H groups in total. The van der Waals surface area contributed by atoms with Crippen molar-refractivity contribution in [3.05, 3.63) is 77.4 Å². The molecule has 1 aliphatic heterocycles. The first-order chi connectivity index (χ1) is 19.5. The summed E-state index contributed by atoms with van der Waals surface area (Å²) in [6, 6.07) is 7.60. The molecule has 15 heteroatoms. The van der Waals surface area contributed by atoms with E-state index in [-0.39, 0.29) is 11.3 Å². The average molecular weight is 621 g/mol. The van der Waals surface area contributed by atoms with Crippen LogP contribution in [0.1, 0.15) is 41.4 Å². The van der Waals surface area contributed by atoms with Gasteiger partial charge in [0.1, 0.15) is 18.2 Å². The molecule has 0 saturated carbocycles. The smallest absolute Gasteiger partial charge is 0.420 e. The van der Waals surface area contributed by atoms with Crippen LogP contribution in [-0.4, -0.2) is 42.4 Å². The molecule has 2 aromatic carbocycles. The fraction of sp³-hybridized carbons (Fsp3) is 0.333. The Hall–Kier alpha value is -3.88. The molecular weight excluding hydrogens is 597 g/mol. The van der Waals surface area contributed by atoms with Crippen LogP contribution in [0.5, 0.6) is 5.75 Å². The van der Waals surface area contributed by atoms with Crippen molar-refractivity contribution in [1.29, 1.82) is 0 Å². The van der Waals surface area contributed by atoms with Crippen molar-refractivity contribution in [3.63, 3.8) is 0 Å². The molecule has 7 nitrogen and oxygen atoms in total. The maximum absolute atomic E-state index is 15.7. The first kappa shape index (κ1) is 31.1. The minimum Gasteiger partial charge on any atom is -0.488 e. The summed E-state index contributed by atoms with van der Waals surface area (Å²) in [7, 11) is -5.09. The normalized spacial score (nSPS) is 18.7. The third-order valence-corrected chi connectivity index (χ3v) is 8.54. The number of hydrogen-bond donors (Lipinski definition) is 1. The van der Waals surface area contributed by atoms with Crippen LogP contribution in [-0.2, 0) is 22.6 Å². The van der Waals surface area contributed by atoms with E-state index >= 15 is 4.39 Å². The first-order valence-electron chi connectivity index (χ1n) is 12.3. The molecule has 226 valence electrons. The monoisotopic (exact) mass is 620 g/mol. The Balaban J connectivity index is 1.89. The number of carboxylic acids is 1. The van der Waals surface area contributed by atoms with Crippen LogP contribution in [0.2, 0.25) is 0 Å². The molecule has 0 aliphatic carbocycles. The summed E-state index contributed by atoms with van der Waals surface area (Å²) in [5, 5.41) is 9.31. The molecule has 0 amide bonds. The van der Waals surface area contributed by atoms with Crippen LogP contribution in [0.4, 0.5) is 42.1 Å². The average Bonchev–Trinajstić information content (AvgIpc) is 2.98. The molecule has 0 fully saturated rings. The number of fused-ring (bicyclic) bond motifs is 1. The molecule has 1 aliphatic rings. The van der Waals surface area contributed by atoms with Gasteiger partial charge in [-0.2, -0.15) is 13.2 Å². The molecule has 2 heterocycles. The lowest BCUT2D eigenvalue weighted by molar-refractivity contribution is -0.139. The summed E-state index contributed by atoms with van der Waals surface area (Å²) >= 11 is 0. The number of carbonyl (C=O) groups is 1. The molecule has 0 radical (unpaired) electrons. The van der Waals surface area contributed by atoms with Gasteiger partial charge in [-0.05, 0) is 49.7 Å². The van der Waals surface area contributed by atoms with E-state index in [1.807, 2.05) is 0 Å². The van der Waals surface area contributed by atoms with Gasteiger partial charge < -0.3 is 14.7 Å². The predicted octanol–water partition coefficient (Wildman–Crippen LogP) is 6.79. The highest BCUT2D eigenvalue weighted by Crippen LogP contribution is 2.47. The van der Waals surface area contributed by atoms with Crippen LogP contribution in [0.25, 0.3) is 0 Å². The summed E-state index contributed by atoms with van der Waals surface area (Å²) in [6.45, 7) is -0.828. The van der Waals surface area contributed by atoms with E-state index < -0.39 is 98.7 Å². The Bertz CT molecular complexity index is 1580. The molecule has 0 unspecified atom stereocenters. The van der Waals surface area contributed by atoms with E-state index in [9.17, 15) is 44.7 Å². The Kier molecular flexibility index (Phi) is 8.45. The zero-order chi connectivity index (χ0) is 31.0. The molecule has 0 bridgehead atoms. The van der Waals surface area contributed by atoms with Crippen LogP contribution in [0.15, 0.2) is 59.6 Å². The maximum Gasteiger partial charge on any atom is 0.420 e. The number of anilines is 2. The number of alkyl halides is 6. The number of halogens is 7. The van der Waals surface area contributed by atoms with Crippen molar-refractivity contribution in [3.8, 4) is 5.75 Å². The number of aromatic carboxylic acids is 1. The Labute approximate surface area is 235 Å². The van der Waals surface area contributed by atoms with Gasteiger partial charge in [-0.15, -0.1) is 0 Å². The fourth-order valence-electron chi connectivity index (χ4n) is 4.55. The van der Waals surface area contributed by atoms with Gasteiger partial charge >= 0.3 is 12.1 Å². The molecule has 1 aromatic heterocycles. The lowest BCUT2D eigenvalue weighted by Gasteiger charge is -2.29. The number of nitrogens with zero attached hydrogens (tertiary/aromatic N) is 2. The van der Waals surface area contributed by atoms with E-state index in [1.54, 1.807) is 0 Å². The maximum atomic E-state index is 15.7. The third kappa shape index (κ3) is 6.61. The van der Waals surface area contributed by atoms with Gasteiger partial charge in [0.2, 0.25) is 21.3 Å². The van der Waals surface area contributed by atoms with E-state index in [2.05, 4.69) is 4.98 Å². The lowest BCUT2D eigenvalue weighted by atomic mass is 10.00. The Morgan fingerprint density at radius 2 is 1.79 bits per heavy atom. The van der Waals surface area contributed by atoms with E-state index in [0.29, 0.717) is 19.1 Å². The molecular formula is C27H23F7N2O5S. The molecule has 42 heavy (non-hydrogen) atoms. The second-order valence-electron chi connectivity index (χ2n) is 9.77. The second kappa shape index (κ2) is 11.4. The van der Waals surface area contributed by atoms with Gasteiger partial charge in [0.05, 0.1) is 16.1 Å². The SMILES string of the molecule is CC(F)(F)CC[C@H]1CN(c2ccc(F)cc2)c2cc(C(F)(F)F)c(OCc3cccnc3C(=O)O)cc2S(=O)(=O)[C@H]1F. The van der Waals surface area contributed by atoms with Crippen LogP contribution >= 0.6 is 0 Å². The van der Waals surface area contributed by atoms with Crippen LogP contribution in [0, 0.1) is 11.7 Å². The highest BCUT2D eigenvalue weighted by molar-refractivity contribution is 7.92. The first-order valence-corrected chi connectivity index (χ1v) is 13.9. The van der Waals surface area contributed by atoms with Gasteiger partial charge in [-0.1, -0.05) is 6.07 Å². The summed E-state index contributed by atoms with van der Waals surface area (Å²) < 4.78 is 132. The summed E-state index contributed by atoms with van der Waals surface area (Å²) in [5.74, 6) is -8.15. The Morgan fingerprint density at radius 1 is 1.12 bits per heavy atom. The summed E-state index contributed by atoms with van der Waals surface area (Å²) in [6.07, 6.45) is -5.54. The topological polar surface area (TPSA) is 96.8 Å². The minimum atomic E-state index is -5.14. The quantitative estimate of drug-likeness (QED) is 0.277. The lowest BCUT2D eigenvalue weighted by Crippen LogP contribution is -2.32. The number of pyridine rings is 1. The number of carboxylic acid groups (broad SMARTS) is 1. The van der Waals surface area contributed by atoms with Crippen LogP contribution in [0.3, 0.4) is 0 Å². The number of benzene rings is 2. The number of rotatable bonds is 8. The minimum absolute atomic E-state index is 0.0153. The Morgan fingerprint density at radius 3 is 2.38 bits per heavy atom. The zero-order valence-corrected chi connectivity index (χ0v) is 22.5. The van der Waals surface area contributed by atoms with E-state index in [4.69, 9.17) is 4.74 Å². The number of hydrogen-bond acceptors (Lipinski definition) is 6. The van der Waals surface area contributed by atoms with Crippen LogP contribution < -0.4 is 9.64 Å². The fourth-order valence-corrected chi connectivity index (χ4v) is 6.25. The zero-order valence-electron chi connectivity index (χ0n) is 21.7. The third-order valence-electron chi connectivity index (χ3n) is 6.62. The summed E-state index contributed by atoms with van der Waals surface area (Å²) in [4.78, 5) is 15.2. The number of sulfone groups is 1. The molecule has 4 rings (SSSR count). The molecule has 0 spiro atoms.